The minimum atomic E-state index is -4.50. The van der Waals surface area contributed by atoms with Crippen LogP contribution in [0.3, 0.4) is 0 Å². The molecular weight excluding hydrogens is 361 g/mol. The van der Waals surface area contributed by atoms with Crippen LogP contribution < -0.4 is 10.2 Å². The third kappa shape index (κ3) is 5.08. The number of nitrogens with zero attached hydrogens (tertiary/aromatic N) is 3. The van der Waals surface area contributed by atoms with E-state index in [2.05, 4.69) is 15.3 Å². The van der Waals surface area contributed by atoms with E-state index in [1.165, 1.54) is 19.3 Å². The number of amides is 1. The van der Waals surface area contributed by atoms with Gasteiger partial charge in [-0.25, -0.2) is 9.97 Å². The van der Waals surface area contributed by atoms with Gasteiger partial charge in [0.15, 0.2) is 0 Å². The molecule has 1 aliphatic rings. The number of rotatable bonds is 4. The first-order valence-electron chi connectivity index (χ1n) is 8.51. The van der Waals surface area contributed by atoms with Gasteiger partial charge in [0.25, 0.3) is 0 Å². The van der Waals surface area contributed by atoms with Crippen LogP contribution in [0.2, 0.25) is 0 Å². The van der Waals surface area contributed by atoms with Crippen molar-refractivity contribution in [3.05, 3.63) is 47.8 Å². The van der Waals surface area contributed by atoms with Crippen LogP contribution >= 0.6 is 0 Å². The topological polar surface area (TPSA) is 71.3 Å². The molecule has 2 aromatic heterocycles. The molecule has 0 aromatic carbocycles. The summed E-state index contributed by atoms with van der Waals surface area (Å²) >= 11 is 0. The summed E-state index contributed by atoms with van der Waals surface area (Å²) in [6.07, 6.45) is 1.22. The molecule has 3 rings (SSSR count). The number of hydrogen-bond acceptors (Lipinski definition) is 5. The quantitative estimate of drug-likeness (QED) is 0.825. The van der Waals surface area contributed by atoms with Crippen molar-refractivity contribution in [3.63, 3.8) is 0 Å². The lowest BCUT2D eigenvalue weighted by Crippen LogP contribution is -2.44. The smallest absolute Gasteiger partial charge is 0.433 e. The van der Waals surface area contributed by atoms with Crippen LogP contribution in [0.25, 0.3) is 6.08 Å². The molecule has 6 nitrogen and oxygen atoms in total. The summed E-state index contributed by atoms with van der Waals surface area (Å²) < 4.78 is 43.9. The highest BCUT2D eigenvalue weighted by molar-refractivity contribution is 5.91. The first-order valence-corrected chi connectivity index (χ1v) is 8.51. The largest absolute Gasteiger partial charge is 0.465 e. The average Bonchev–Trinajstić information content (AvgIpc) is 3.13. The maximum Gasteiger partial charge on any atom is 0.433 e. The van der Waals surface area contributed by atoms with Gasteiger partial charge in [0.2, 0.25) is 5.91 Å². The Hall–Kier alpha value is -2.84. The SMILES string of the molecule is Cc1nc(N2CCC(NC(=O)/C=C/c3ccco3)CC2)cc(C(F)(F)F)n1. The Kier molecular flexibility index (Phi) is 5.48. The van der Waals surface area contributed by atoms with Crippen LogP contribution in [0, 0.1) is 6.92 Å². The first kappa shape index (κ1) is 18.9. The first-order chi connectivity index (χ1) is 12.8. The number of furan rings is 1. The summed E-state index contributed by atoms with van der Waals surface area (Å²) in [5.74, 6) is 0.692. The Morgan fingerprint density at radius 3 is 2.70 bits per heavy atom. The van der Waals surface area contributed by atoms with Gasteiger partial charge in [0, 0.05) is 31.3 Å². The number of piperidine rings is 1. The van der Waals surface area contributed by atoms with Crippen molar-refractivity contribution < 1.29 is 22.4 Å². The maximum absolute atomic E-state index is 12.9. The van der Waals surface area contributed by atoms with Crippen LogP contribution in [0.5, 0.6) is 0 Å². The number of nitrogens with one attached hydrogen (secondary N) is 1. The molecule has 1 aliphatic heterocycles. The van der Waals surface area contributed by atoms with Crippen molar-refractivity contribution in [2.45, 2.75) is 32.0 Å². The van der Waals surface area contributed by atoms with E-state index in [0.29, 0.717) is 31.7 Å². The molecule has 0 radical (unpaired) electrons. The van der Waals surface area contributed by atoms with Crippen molar-refractivity contribution in [1.82, 2.24) is 15.3 Å². The number of carbonyl (C=O) groups is 1. The van der Waals surface area contributed by atoms with E-state index in [4.69, 9.17) is 4.42 Å². The van der Waals surface area contributed by atoms with E-state index in [1.54, 1.807) is 23.1 Å². The van der Waals surface area contributed by atoms with Gasteiger partial charge in [-0.15, -0.1) is 0 Å². The second-order valence-electron chi connectivity index (χ2n) is 6.28. The fraction of sp³-hybridized carbons (Fsp3) is 0.389. The summed E-state index contributed by atoms with van der Waals surface area (Å²) in [5, 5.41) is 2.89. The van der Waals surface area contributed by atoms with Gasteiger partial charge < -0.3 is 14.6 Å². The molecule has 2 aromatic rings. The zero-order chi connectivity index (χ0) is 19.4. The number of aromatic nitrogens is 2. The summed E-state index contributed by atoms with van der Waals surface area (Å²) in [7, 11) is 0. The van der Waals surface area contributed by atoms with Gasteiger partial charge in [-0.2, -0.15) is 13.2 Å². The normalized spacial score (nSPS) is 16.1. The predicted octanol–water partition coefficient (Wildman–Crippen LogP) is 3.20. The van der Waals surface area contributed by atoms with E-state index in [0.717, 1.165) is 6.07 Å². The second kappa shape index (κ2) is 7.81. The van der Waals surface area contributed by atoms with Gasteiger partial charge in [-0.1, -0.05) is 0 Å². The molecule has 1 N–H and O–H groups in total. The Bertz CT molecular complexity index is 811. The third-order valence-corrected chi connectivity index (χ3v) is 4.22. The van der Waals surface area contributed by atoms with E-state index in [9.17, 15) is 18.0 Å². The molecule has 0 saturated carbocycles. The van der Waals surface area contributed by atoms with E-state index in [-0.39, 0.29) is 23.6 Å². The Labute approximate surface area is 154 Å². The van der Waals surface area contributed by atoms with Crippen molar-refractivity contribution in [2.75, 3.05) is 18.0 Å². The molecule has 1 fully saturated rings. The highest BCUT2D eigenvalue weighted by Gasteiger charge is 2.34. The molecule has 0 atom stereocenters. The third-order valence-electron chi connectivity index (χ3n) is 4.22. The Morgan fingerprint density at radius 2 is 2.07 bits per heavy atom. The number of alkyl halides is 3. The fourth-order valence-electron chi connectivity index (χ4n) is 2.91. The molecular formula is C18H19F3N4O2. The van der Waals surface area contributed by atoms with Crippen molar-refractivity contribution in [2.24, 2.45) is 0 Å². The molecule has 1 amide bonds. The number of carbonyl (C=O) groups excluding carboxylic acids is 1. The highest BCUT2D eigenvalue weighted by Crippen LogP contribution is 2.30. The predicted molar refractivity (Wildman–Crippen MR) is 92.9 cm³/mol. The van der Waals surface area contributed by atoms with Gasteiger partial charge in [-0.3, -0.25) is 4.79 Å². The number of halogens is 3. The highest BCUT2D eigenvalue weighted by atomic mass is 19.4. The van der Waals surface area contributed by atoms with Crippen molar-refractivity contribution in [1.29, 1.82) is 0 Å². The molecule has 144 valence electrons. The molecule has 0 bridgehead atoms. The number of aryl methyl sites for hydroxylation is 1. The zero-order valence-electron chi connectivity index (χ0n) is 14.7. The standard InChI is InChI=1S/C18H19F3N4O2/c1-12-22-15(18(19,20)21)11-16(23-12)25-8-6-13(7-9-25)24-17(26)5-4-14-3-2-10-27-14/h2-5,10-11,13H,6-9H2,1H3,(H,24,26)/b5-4+. The van der Waals surface area contributed by atoms with Gasteiger partial charge >= 0.3 is 6.18 Å². The van der Waals surface area contributed by atoms with Crippen molar-refractivity contribution in [3.8, 4) is 0 Å². The average molecular weight is 380 g/mol. The van der Waals surface area contributed by atoms with E-state index < -0.39 is 11.9 Å². The maximum atomic E-state index is 12.9. The van der Waals surface area contributed by atoms with Crippen molar-refractivity contribution >= 4 is 17.8 Å². The molecule has 3 heterocycles. The monoisotopic (exact) mass is 380 g/mol. The minimum absolute atomic E-state index is 0.0416. The molecule has 1 saturated heterocycles. The van der Waals surface area contributed by atoms with Crippen LogP contribution in [-0.4, -0.2) is 35.0 Å². The van der Waals surface area contributed by atoms with E-state index in [1.807, 2.05) is 0 Å². The Balaban J connectivity index is 1.56. The lowest BCUT2D eigenvalue weighted by Gasteiger charge is -2.33. The van der Waals surface area contributed by atoms with Gasteiger partial charge in [0.05, 0.1) is 6.26 Å². The van der Waals surface area contributed by atoms with E-state index >= 15 is 0 Å². The second-order valence-corrected chi connectivity index (χ2v) is 6.28. The molecule has 0 unspecified atom stereocenters. The minimum Gasteiger partial charge on any atom is -0.465 e. The van der Waals surface area contributed by atoms with Gasteiger partial charge in [0.1, 0.15) is 23.1 Å². The number of anilines is 1. The summed E-state index contributed by atoms with van der Waals surface area (Å²) in [4.78, 5) is 21.3. The lowest BCUT2D eigenvalue weighted by atomic mass is 10.0. The summed E-state index contributed by atoms with van der Waals surface area (Å²) in [5.41, 5.74) is -0.941. The molecule has 0 spiro atoms. The van der Waals surface area contributed by atoms with Crippen LogP contribution in [0.15, 0.2) is 35.0 Å². The summed E-state index contributed by atoms with van der Waals surface area (Å²) in [6, 6.07) is 4.39. The summed E-state index contributed by atoms with van der Waals surface area (Å²) in [6.45, 7) is 2.44. The number of hydrogen-bond donors (Lipinski definition) is 1. The molecule has 0 aliphatic carbocycles. The Morgan fingerprint density at radius 1 is 1.33 bits per heavy atom. The van der Waals surface area contributed by atoms with Crippen LogP contribution in [0.4, 0.5) is 19.0 Å². The molecule has 9 heteroatoms. The van der Waals surface area contributed by atoms with Crippen LogP contribution in [-0.2, 0) is 11.0 Å². The molecule has 27 heavy (non-hydrogen) atoms. The fourth-order valence-corrected chi connectivity index (χ4v) is 2.91. The zero-order valence-corrected chi connectivity index (χ0v) is 14.7. The lowest BCUT2D eigenvalue weighted by molar-refractivity contribution is -0.141. The van der Waals surface area contributed by atoms with Gasteiger partial charge in [-0.05, 0) is 38.0 Å². The van der Waals surface area contributed by atoms with Crippen LogP contribution in [0.1, 0.15) is 30.1 Å².